The molecule has 0 aliphatic heterocycles. The lowest BCUT2D eigenvalue weighted by molar-refractivity contribution is 0.0948. The molecular weight excluding hydrogens is 244 g/mol. The molecule has 100 valence electrons. The SMILES string of the molecule is COCCCNC(=O)c1ccc(-n2cncn2)cc1. The number of carbonyl (C=O) groups excluding carboxylic acids is 1. The highest BCUT2D eigenvalue weighted by molar-refractivity contribution is 5.94. The number of nitrogens with one attached hydrogen (secondary N) is 1. The van der Waals surface area contributed by atoms with Gasteiger partial charge in [0.05, 0.1) is 5.69 Å². The molecule has 1 heterocycles. The van der Waals surface area contributed by atoms with Crippen molar-refractivity contribution in [1.29, 1.82) is 0 Å². The lowest BCUT2D eigenvalue weighted by atomic mass is 10.2. The average Bonchev–Trinajstić information content (AvgIpc) is 2.98. The number of hydrogen-bond donors (Lipinski definition) is 1. The number of ether oxygens (including phenoxy) is 1. The molecule has 1 aromatic carbocycles. The number of nitrogens with zero attached hydrogens (tertiary/aromatic N) is 3. The van der Waals surface area contributed by atoms with Crippen molar-refractivity contribution >= 4 is 5.91 Å². The molecule has 0 aliphatic rings. The normalized spacial score (nSPS) is 10.4. The number of amides is 1. The molecule has 0 saturated heterocycles. The Labute approximate surface area is 111 Å². The van der Waals surface area contributed by atoms with Gasteiger partial charge in [0, 0.05) is 25.8 Å². The van der Waals surface area contributed by atoms with Crippen LogP contribution >= 0.6 is 0 Å². The smallest absolute Gasteiger partial charge is 0.251 e. The maximum absolute atomic E-state index is 11.8. The van der Waals surface area contributed by atoms with E-state index in [-0.39, 0.29) is 5.91 Å². The van der Waals surface area contributed by atoms with Crippen molar-refractivity contribution in [2.24, 2.45) is 0 Å². The minimum Gasteiger partial charge on any atom is -0.385 e. The van der Waals surface area contributed by atoms with Gasteiger partial charge < -0.3 is 10.1 Å². The summed E-state index contributed by atoms with van der Waals surface area (Å²) >= 11 is 0. The number of carbonyl (C=O) groups is 1. The second-order valence-corrected chi connectivity index (χ2v) is 3.99. The van der Waals surface area contributed by atoms with Crippen LogP contribution in [0.4, 0.5) is 0 Å². The standard InChI is InChI=1S/C13H16N4O2/c1-19-8-2-7-15-13(18)11-3-5-12(6-4-11)17-10-14-9-16-17/h3-6,9-10H,2,7-8H2,1H3,(H,15,18). The van der Waals surface area contributed by atoms with Crippen LogP contribution in [0.3, 0.4) is 0 Å². The van der Waals surface area contributed by atoms with Gasteiger partial charge in [-0.15, -0.1) is 0 Å². The lowest BCUT2D eigenvalue weighted by Crippen LogP contribution is -2.25. The molecule has 0 saturated carbocycles. The van der Waals surface area contributed by atoms with E-state index < -0.39 is 0 Å². The summed E-state index contributed by atoms with van der Waals surface area (Å²) < 4.78 is 6.56. The van der Waals surface area contributed by atoms with Gasteiger partial charge in [-0.3, -0.25) is 4.79 Å². The molecule has 6 heteroatoms. The number of aromatic nitrogens is 3. The van der Waals surface area contributed by atoms with Crippen molar-refractivity contribution in [3.8, 4) is 5.69 Å². The molecule has 0 bridgehead atoms. The summed E-state index contributed by atoms with van der Waals surface area (Å²) in [4.78, 5) is 15.7. The fourth-order valence-electron chi connectivity index (χ4n) is 1.63. The van der Waals surface area contributed by atoms with Crippen LogP contribution in [0.5, 0.6) is 0 Å². The summed E-state index contributed by atoms with van der Waals surface area (Å²) in [5.41, 5.74) is 1.50. The number of methoxy groups -OCH3 is 1. The van der Waals surface area contributed by atoms with Crippen LogP contribution in [-0.2, 0) is 4.74 Å². The van der Waals surface area contributed by atoms with Crippen molar-refractivity contribution in [2.75, 3.05) is 20.3 Å². The Bertz CT molecular complexity index is 508. The minimum atomic E-state index is -0.0822. The van der Waals surface area contributed by atoms with Gasteiger partial charge in [-0.05, 0) is 30.7 Å². The molecule has 0 aliphatic carbocycles. The predicted molar refractivity (Wildman–Crippen MR) is 70.2 cm³/mol. The predicted octanol–water partition coefficient (Wildman–Crippen LogP) is 1.03. The van der Waals surface area contributed by atoms with Gasteiger partial charge in [-0.2, -0.15) is 5.10 Å². The molecule has 0 fully saturated rings. The first-order valence-electron chi connectivity index (χ1n) is 6.03. The lowest BCUT2D eigenvalue weighted by Gasteiger charge is -2.06. The van der Waals surface area contributed by atoms with Gasteiger partial charge in [0.25, 0.3) is 5.91 Å². The van der Waals surface area contributed by atoms with E-state index in [0.29, 0.717) is 18.7 Å². The van der Waals surface area contributed by atoms with Crippen LogP contribution in [0.25, 0.3) is 5.69 Å². The van der Waals surface area contributed by atoms with Crippen molar-refractivity contribution in [3.05, 3.63) is 42.5 Å². The third-order valence-corrected chi connectivity index (χ3v) is 2.62. The first-order chi connectivity index (χ1) is 9.31. The third-order valence-electron chi connectivity index (χ3n) is 2.62. The maximum Gasteiger partial charge on any atom is 0.251 e. The maximum atomic E-state index is 11.8. The number of rotatable bonds is 6. The van der Waals surface area contributed by atoms with E-state index in [2.05, 4.69) is 15.4 Å². The zero-order valence-electron chi connectivity index (χ0n) is 10.7. The topological polar surface area (TPSA) is 69.0 Å². The van der Waals surface area contributed by atoms with E-state index in [4.69, 9.17) is 4.74 Å². The zero-order valence-corrected chi connectivity index (χ0v) is 10.7. The molecular formula is C13H16N4O2. The fourth-order valence-corrected chi connectivity index (χ4v) is 1.63. The highest BCUT2D eigenvalue weighted by atomic mass is 16.5. The number of hydrogen-bond acceptors (Lipinski definition) is 4. The monoisotopic (exact) mass is 260 g/mol. The van der Waals surface area contributed by atoms with Crippen molar-refractivity contribution in [1.82, 2.24) is 20.1 Å². The van der Waals surface area contributed by atoms with E-state index in [0.717, 1.165) is 12.1 Å². The molecule has 19 heavy (non-hydrogen) atoms. The molecule has 0 radical (unpaired) electrons. The molecule has 2 aromatic rings. The average molecular weight is 260 g/mol. The van der Waals surface area contributed by atoms with E-state index >= 15 is 0 Å². The van der Waals surface area contributed by atoms with Crippen LogP contribution in [0.2, 0.25) is 0 Å². The third kappa shape index (κ3) is 3.62. The Hall–Kier alpha value is -2.21. The van der Waals surface area contributed by atoms with Gasteiger partial charge in [0.2, 0.25) is 0 Å². The van der Waals surface area contributed by atoms with Gasteiger partial charge in [-0.25, -0.2) is 9.67 Å². The quantitative estimate of drug-likeness (QED) is 0.788. The van der Waals surface area contributed by atoms with E-state index in [1.165, 1.54) is 6.33 Å². The molecule has 1 aromatic heterocycles. The van der Waals surface area contributed by atoms with E-state index in [1.54, 1.807) is 30.3 Å². The summed E-state index contributed by atoms with van der Waals surface area (Å²) in [6.45, 7) is 1.25. The molecule has 1 amide bonds. The molecule has 2 rings (SSSR count). The Morgan fingerprint density at radius 2 is 2.16 bits per heavy atom. The first kappa shape index (κ1) is 13.2. The first-order valence-corrected chi connectivity index (χ1v) is 6.03. The summed E-state index contributed by atoms with van der Waals surface area (Å²) in [6.07, 6.45) is 3.88. The molecule has 0 unspecified atom stereocenters. The van der Waals surface area contributed by atoms with Crippen molar-refractivity contribution in [3.63, 3.8) is 0 Å². The molecule has 6 nitrogen and oxygen atoms in total. The van der Waals surface area contributed by atoms with Crippen LogP contribution < -0.4 is 5.32 Å². The molecule has 1 N–H and O–H groups in total. The second kappa shape index (κ2) is 6.65. The Kier molecular flexibility index (Phi) is 4.63. The second-order valence-electron chi connectivity index (χ2n) is 3.99. The van der Waals surface area contributed by atoms with Gasteiger partial charge in [0.15, 0.2) is 0 Å². The summed E-state index contributed by atoms with van der Waals surface area (Å²) in [6, 6.07) is 7.20. The van der Waals surface area contributed by atoms with Crippen molar-refractivity contribution in [2.45, 2.75) is 6.42 Å². The highest BCUT2D eigenvalue weighted by Gasteiger charge is 2.05. The Morgan fingerprint density at radius 3 is 2.79 bits per heavy atom. The molecule has 0 atom stereocenters. The zero-order chi connectivity index (χ0) is 13.5. The minimum absolute atomic E-state index is 0.0822. The summed E-state index contributed by atoms with van der Waals surface area (Å²) in [5, 5.41) is 6.86. The van der Waals surface area contributed by atoms with E-state index in [9.17, 15) is 4.79 Å². The van der Waals surface area contributed by atoms with Crippen LogP contribution in [0.15, 0.2) is 36.9 Å². The van der Waals surface area contributed by atoms with Crippen molar-refractivity contribution < 1.29 is 9.53 Å². The number of benzene rings is 1. The van der Waals surface area contributed by atoms with Gasteiger partial charge >= 0.3 is 0 Å². The largest absolute Gasteiger partial charge is 0.385 e. The Balaban J connectivity index is 1.93. The summed E-state index contributed by atoms with van der Waals surface area (Å²) in [7, 11) is 1.64. The van der Waals surface area contributed by atoms with Gasteiger partial charge in [0.1, 0.15) is 12.7 Å². The van der Waals surface area contributed by atoms with Gasteiger partial charge in [-0.1, -0.05) is 0 Å². The van der Waals surface area contributed by atoms with Crippen LogP contribution in [-0.4, -0.2) is 40.9 Å². The molecule has 0 spiro atoms. The Morgan fingerprint density at radius 1 is 1.37 bits per heavy atom. The fraction of sp³-hybridized carbons (Fsp3) is 0.308. The highest BCUT2D eigenvalue weighted by Crippen LogP contribution is 2.07. The van der Waals surface area contributed by atoms with Crippen LogP contribution in [0, 0.1) is 0 Å². The summed E-state index contributed by atoms with van der Waals surface area (Å²) in [5.74, 6) is -0.0822. The van der Waals surface area contributed by atoms with E-state index in [1.807, 2.05) is 12.1 Å². The van der Waals surface area contributed by atoms with Crippen LogP contribution in [0.1, 0.15) is 16.8 Å².